The number of nitrogens with one attached hydrogen (secondary N) is 1. The quantitative estimate of drug-likeness (QED) is 0.256. The minimum absolute atomic E-state index is 0.0324. The summed E-state index contributed by atoms with van der Waals surface area (Å²) in [6.45, 7) is -0.309. The number of ether oxygens (including phenoxy) is 1. The molecule has 3 aromatic carbocycles. The van der Waals surface area contributed by atoms with Gasteiger partial charge < -0.3 is 15.0 Å². The molecule has 0 heterocycles. The first-order valence-electron chi connectivity index (χ1n) is 13.0. The summed E-state index contributed by atoms with van der Waals surface area (Å²) in [6, 6.07) is 18.8. The molecular weight excluding hydrogens is 578 g/mol. The number of hydrogen-bond acceptors (Lipinski definition) is 3. The monoisotopic (exact) mass is 606 g/mol. The lowest BCUT2D eigenvalue weighted by atomic mass is 9.94. The lowest BCUT2D eigenvalue weighted by Gasteiger charge is -2.33. The van der Waals surface area contributed by atoms with E-state index in [-0.39, 0.29) is 30.1 Å². The minimum atomic E-state index is -0.821. The maximum Gasteiger partial charge on any atom is 0.261 e. The lowest BCUT2D eigenvalue weighted by molar-refractivity contribution is -0.143. The van der Waals surface area contributed by atoms with E-state index < -0.39 is 11.9 Å². The summed E-state index contributed by atoms with van der Waals surface area (Å²) in [5.74, 6) is -0.306. The molecule has 0 bridgehead atoms. The van der Waals surface area contributed by atoms with Crippen molar-refractivity contribution in [2.75, 3.05) is 6.61 Å². The van der Waals surface area contributed by atoms with Gasteiger partial charge in [0, 0.05) is 39.6 Å². The lowest BCUT2D eigenvalue weighted by Crippen LogP contribution is -2.53. The highest BCUT2D eigenvalue weighted by Crippen LogP contribution is 2.29. The van der Waals surface area contributed by atoms with Crippen molar-refractivity contribution in [3.8, 4) is 5.75 Å². The molecule has 1 N–H and O–H groups in total. The summed E-state index contributed by atoms with van der Waals surface area (Å²) in [7, 11) is 0. The first-order chi connectivity index (χ1) is 18.8. The second-order valence-electron chi connectivity index (χ2n) is 9.63. The van der Waals surface area contributed by atoms with E-state index in [0.717, 1.165) is 31.2 Å². The largest absolute Gasteiger partial charge is 0.482 e. The maximum absolute atomic E-state index is 13.8. The fourth-order valence-corrected chi connectivity index (χ4v) is 5.75. The number of carbonyl (C=O) groups is 2. The SMILES string of the molecule is O=C(NC1CCCCC1)[C@@H](Cc1ccccc1)N(Cc1c(Cl)cccc1Cl)C(=O)COc1ccc(Cl)cc1Cl. The van der Waals surface area contributed by atoms with Crippen LogP contribution in [-0.4, -0.2) is 35.4 Å². The molecule has 1 atom stereocenters. The smallest absolute Gasteiger partial charge is 0.261 e. The number of nitrogens with zero attached hydrogens (tertiary/aromatic N) is 1. The number of carbonyl (C=O) groups excluding carboxylic acids is 2. The van der Waals surface area contributed by atoms with Gasteiger partial charge in [-0.15, -0.1) is 0 Å². The van der Waals surface area contributed by atoms with Crippen molar-refractivity contribution in [1.29, 1.82) is 0 Å². The zero-order valence-electron chi connectivity index (χ0n) is 21.3. The molecule has 1 fully saturated rings. The van der Waals surface area contributed by atoms with Crippen LogP contribution in [0.4, 0.5) is 0 Å². The Labute approximate surface area is 249 Å². The van der Waals surface area contributed by atoms with Crippen molar-refractivity contribution in [3.05, 3.63) is 97.9 Å². The molecule has 2 amide bonds. The van der Waals surface area contributed by atoms with E-state index in [0.29, 0.717) is 32.8 Å². The molecule has 0 radical (unpaired) electrons. The average molecular weight is 608 g/mol. The van der Waals surface area contributed by atoms with Crippen molar-refractivity contribution in [3.63, 3.8) is 0 Å². The number of halogens is 4. The Kier molecular flexibility index (Phi) is 10.8. The molecule has 1 aliphatic rings. The molecule has 0 aliphatic heterocycles. The molecule has 1 aliphatic carbocycles. The minimum Gasteiger partial charge on any atom is -0.482 e. The first-order valence-corrected chi connectivity index (χ1v) is 14.5. The predicted molar refractivity (Wildman–Crippen MR) is 158 cm³/mol. The Morgan fingerprint density at radius 1 is 0.872 bits per heavy atom. The second-order valence-corrected chi connectivity index (χ2v) is 11.3. The summed E-state index contributed by atoms with van der Waals surface area (Å²) < 4.78 is 5.78. The van der Waals surface area contributed by atoms with Gasteiger partial charge in [0.15, 0.2) is 6.61 Å². The predicted octanol–water partition coefficient (Wildman–Crippen LogP) is 7.77. The molecule has 206 valence electrons. The van der Waals surface area contributed by atoms with Crippen molar-refractivity contribution in [1.82, 2.24) is 10.2 Å². The number of benzene rings is 3. The van der Waals surface area contributed by atoms with Crippen LogP contribution < -0.4 is 10.1 Å². The molecule has 0 aromatic heterocycles. The van der Waals surface area contributed by atoms with Gasteiger partial charge in [0.05, 0.1) is 5.02 Å². The average Bonchev–Trinajstić information content (AvgIpc) is 2.92. The van der Waals surface area contributed by atoms with Gasteiger partial charge in [0.1, 0.15) is 11.8 Å². The number of amides is 2. The molecule has 5 nitrogen and oxygen atoms in total. The molecule has 9 heteroatoms. The first kappa shape index (κ1) is 29.5. The van der Waals surface area contributed by atoms with E-state index in [1.54, 1.807) is 36.4 Å². The van der Waals surface area contributed by atoms with Crippen LogP contribution in [0.25, 0.3) is 0 Å². The zero-order chi connectivity index (χ0) is 27.8. The summed E-state index contributed by atoms with van der Waals surface area (Å²) in [5.41, 5.74) is 1.48. The summed E-state index contributed by atoms with van der Waals surface area (Å²) in [6.07, 6.45) is 5.47. The third-order valence-electron chi connectivity index (χ3n) is 6.86. The van der Waals surface area contributed by atoms with Gasteiger partial charge in [-0.25, -0.2) is 0 Å². The Hall–Kier alpha value is -2.44. The molecule has 39 heavy (non-hydrogen) atoms. The Morgan fingerprint density at radius 3 is 2.23 bits per heavy atom. The van der Waals surface area contributed by atoms with Crippen LogP contribution in [0.1, 0.15) is 43.2 Å². The number of hydrogen-bond donors (Lipinski definition) is 1. The molecule has 3 aromatic rings. The molecule has 4 rings (SSSR count). The van der Waals surface area contributed by atoms with Crippen molar-refractivity contribution in [2.45, 2.75) is 57.2 Å². The highest BCUT2D eigenvalue weighted by molar-refractivity contribution is 6.36. The van der Waals surface area contributed by atoms with Gasteiger partial charge in [-0.3, -0.25) is 9.59 Å². The van der Waals surface area contributed by atoms with Crippen molar-refractivity contribution >= 4 is 58.2 Å². The van der Waals surface area contributed by atoms with E-state index in [2.05, 4.69) is 5.32 Å². The maximum atomic E-state index is 13.8. The van der Waals surface area contributed by atoms with Crippen LogP contribution in [-0.2, 0) is 22.6 Å². The van der Waals surface area contributed by atoms with E-state index >= 15 is 0 Å². The molecule has 0 saturated heterocycles. The Balaban J connectivity index is 1.65. The standard InChI is InChI=1S/C30H30Cl4N2O3/c31-21-14-15-28(26(34)17-21)39-19-29(37)36(18-23-24(32)12-7-13-25(23)33)27(16-20-8-3-1-4-9-20)30(38)35-22-10-5-2-6-11-22/h1,3-4,7-9,12-15,17,22,27H,2,5-6,10-11,16,18-19H2,(H,35,38)/t27-/m1/s1. The van der Waals surface area contributed by atoms with Gasteiger partial charge >= 0.3 is 0 Å². The van der Waals surface area contributed by atoms with Gasteiger partial charge in [0.2, 0.25) is 5.91 Å². The van der Waals surface area contributed by atoms with Crippen LogP contribution in [0, 0.1) is 0 Å². The van der Waals surface area contributed by atoms with Crippen LogP contribution in [0.2, 0.25) is 20.1 Å². The summed E-state index contributed by atoms with van der Waals surface area (Å²) in [4.78, 5) is 29.2. The van der Waals surface area contributed by atoms with Crippen LogP contribution >= 0.6 is 46.4 Å². The van der Waals surface area contributed by atoms with Crippen LogP contribution in [0.3, 0.4) is 0 Å². The van der Waals surface area contributed by atoms with Crippen LogP contribution in [0.5, 0.6) is 5.75 Å². The van der Waals surface area contributed by atoms with Gasteiger partial charge in [0.25, 0.3) is 5.91 Å². The Bertz CT molecular complexity index is 1260. The third-order valence-corrected chi connectivity index (χ3v) is 8.10. The van der Waals surface area contributed by atoms with Crippen LogP contribution in [0.15, 0.2) is 66.7 Å². The second kappa shape index (κ2) is 14.3. The zero-order valence-corrected chi connectivity index (χ0v) is 24.4. The normalized spacial score (nSPS) is 14.5. The summed E-state index contributed by atoms with van der Waals surface area (Å²) in [5, 5.41) is 4.76. The fourth-order valence-electron chi connectivity index (χ4n) is 4.77. The van der Waals surface area contributed by atoms with E-state index in [1.165, 1.54) is 11.3 Å². The molecule has 1 saturated carbocycles. The van der Waals surface area contributed by atoms with E-state index in [4.69, 9.17) is 51.1 Å². The summed E-state index contributed by atoms with van der Waals surface area (Å²) >= 11 is 25.3. The van der Waals surface area contributed by atoms with Crippen molar-refractivity contribution < 1.29 is 14.3 Å². The highest BCUT2D eigenvalue weighted by Gasteiger charge is 2.33. The number of rotatable bonds is 10. The van der Waals surface area contributed by atoms with E-state index in [9.17, 15) is 9.59 Å². The molecule has 0 unspecified atom stereocenters. The van der Waals surface area contributed by atoms with Crippen molar-refractivity contribution in [2.24, 2.45) is 0 Å². The highest BCUT2D eigenvalue weighted by atomic mass is 35.5. The van der Waals surface area contributed by atoms with Gasteiger partial charge in [-0.2, -0.15) is 0 Å². The van der Waals surface area contributed by atoms with Gasteiger partial charge in [-0.1, -0.05) is 102 Å². The third kappa shape index (κ3) is 8.28. The Morgan fingerprint density at radius 2 is 1.56 bits per heavy atom. The fraction of sp³-hybridized carbons (Fsp3) is 0.333. The van der Waals surface area contributed by atoms with E-state index in [1.807, 2.05) is 30.3 Å². The topological polar surface area (TPSA) is 58.6 Å². The van der Waals surface area contributed by atoms with Gasteiger partial charge in [-0.05, 0) is 48.7 Å². The molecule has 0 spiro atoms. The molecular formula is C30H30Cl4N2O3.